The van der Waals surface area contributed by atoms with Crippen LogP contribution in [0.15, 0.2) is 60.1 Å². The van der Waals surface area contributed by atoms with Crippen molar-refractivity contribution in [2.24, 2.45) is 10.9 Å². The number of carbonyl (C=O) groups is 1. The van der Waals surface area contributed by atoms with Gasteiger partial charge in [0, 0.05) is 47.0 Å². The number of hydrogen-bond donors (Lipinski definition) is 2. The lowest BCUT2D eigenvalue weighted by Gasteiger charge is -2.32. The molecule has 1 fully saturated rings. The molecule has 0 radical (unpaired) electrons. The predicted octanol–water partition coefficient (Wildman–Crippen LogP) is 6.99. The number of aliphatic imine (C=N–C) groups is 1. The average molecular weight is 528 g/mol. The van der Waals surface area contributed by atoms with Crippen molar-refractivity contribution >= 4 is 46.0 Å². The largest absolute Gasteiger partial charge is 0.349 e. The van der Waals surface area contributed by atoms with E-state index in [1.54, 1.807) is 23.6 Å². The molecule has 1 aliphatic carbocycles. The van der Waals surface area contributed by atoms with Gasteiger partial charge in [-0.3, -0.25) is 14.7 Å². The SMILES string of the molecule is C=Cc1c(N=CC)cccc1C(=O)NC1CCC(CCN2CCc3sc(Nc4ccccc4)nc3C2)CC1. The fourth-order valence-corrected chi connectivity index (χ4v) is 6.56. The third-order valence-electron chi connectivity index (χ3n) is 7.67. The van der Waals surface area contributed by atoms with Gasteiger partial charge < -0.3 is 10.6 Å². The standard InChI is InChI=1S/C31H37N5OS/c1-3-25-26(11-8-12-27(25)32-4-2)30(37)33-24-15-13-22(14-16-24)17-19-36-20-18-29-28(21-36)35-31(38-29)34-23-9-6-5-7-10-23/h3-12,22,24H,1,13-21H2,2H3,(H,33,37)(H,34,35). The monoisotopic (exact) mass is 527 g/mol. The van der Waals surface area contributed by atoms with Crippen LogP contribution in [0.4, 0.5) is 16.5 Å². The van der Waals surface area contributed by atoms with Crippen LogP contribution in [0.25, 0.3) is 6.08 Å². The Morgan fingerprint density at radius 2 is 1.97 bits per heavy atom. The summed E-state index contributed by atoms with van der Waals surface area (Å²) in [5.74, 6) is 0.700. The van der Waals surface area contributed by atoms with Crippen molar-refractivity contribution < 1.29 is 4.79 Å². The lowest BCUT2D eigenvalue weighted by molar-refractivity contribution is 0.0919. The van der Waals surface area contributed by atoms with E-state index < -0.39 is 0 Å². The van der Waals surface area contributed by atoms with Crippen LogP contribution in [0.3, 0.4) is 0 Å². The van der Waals surface area contributed by atoms with E-state index in [-0.39, 0.29) is 11.9 Å². The van der Waals surface area contributed by atoms with Crippen molar-refractivity contribution in [1.82, 2.24) is 15.2 Å². The Kier molecular flexibility index (Phi) is 8.66. The Hall–Kier alpha value is -3.29. The number of para-hydroxylation sites is 1. The van der Waals surface area contributed by atoms with Gasteiger partial charge in [-0.15, -0.1) is 11.3 Å². The maximum Gasteiger partial charge on any atom is 0.252 e. The van der Waals surface area contributed by atoms with Crippen LogP contribution in [-0.2, 0) is 13.0 Å². The van der Waals surface area contributed by atoms with E-state index >= 15 is 0 Å². The fourth-order valence-electron chi connectivity index (χ4n) is 5.58. The van der Waals surface area contributed by atoms with E-state index in [1.807, 2.05) is 43.3 Å². The molecule has 0 saturated heterocycles. The normalized spacial score (nSPS) is 19.7. The molecule has 2 heterocycles. The Morgan fingerprint density at radius 3 is 2.74 bits per heavy atom. The smallest absolute Gasteiger partial charge is 0.252 e. The molecule has 2 aliphatic rings. The molecule has 6 nitrogen and oxygen atoms in total. The highest BCUT2D eigenvalue weighted by Crippen LogP contribution is 2.32. The minimum atomic E-state index is -0.0231. The summed E-state index contributed by atoms with van der Waals surface area (Å²) >= 11 is 1.79. The molecule has 0 atom stereocenters. The molecule has 38 heavy (non-hydrogen) atoms. The summed E-state index contributed by atoms with van der Waals surface area (Å²) < 4.78 is 0. The van der Waals surface area contributed by atoms with Gasteiger partial charge in [0.05, 0.1) is 11.4 Å². The summed E-state index contributed by atoms with van der Waals surface area (Å²) in [6, 6.07) is 16.2. The number of hydrogen-bond acceptors (Lipinski definition) is 6. The van der Waals surface area contributed by atoms with Gasteiger partial charge in [0.15, 0.2) is 5.13 Å². The summed E-state index contributed by atoms with van der Waals surface area (Å²) in [6.07, 6.45) is 10.2. The topological polar surface area (TPSA) is 69.6 Å². The molecule has 198 valence electrons. The summed E-state index contributed by atoms with van der Waals surface area (Å²) in [6.45, 7) is 8.95. The van der Waals surface area contributed by atoms with E-state index in [9.17, 15) is 4.79 Å². The van der Waals surface area contributed by atoms with E-state index in [1.165, 1.54) is 29.8 Å². The molecule has 5 rings (SSSR count). The first kappa shape index (κ1) is 26.3. The second kappa shape index (κ2) is 12.5. The Labute approximate surface area is 229 Å². The van der Waals surface area contributed by atoms with Gasteiger partial charge in [-0.2, -0.15) is 0 Å². The van der Waals surface area contributed by atoms with Crippen LogP contribution in [0.2, 0.25) is 0 Å². The second-order valence-corrected chi connectivity index (χ2v) is 11.3. The first-order valence-electron chi connectivity index (χ1n) is 13.7. The molecule has 2 aromatic carbocycles. The summed E-state index contributed by atoms with van der Waals surface area (Å²) in [4.78, 5) is 26.3. The lowest BCUT2D eigenvalue weighted by Crippen LogP contribution is -2.38. The third kappa shape index (κ3) is 6.40. The molecule has 2 N–H and O–H groups in total. The number of carbonyl (C=O) groups excluding carboxylic acids is 1. The lowest BCUT2D eigenvalue weighted by atomic mass is 9.84. The molecule has 1 amide bonds. The van der Waals surface area contributed by atoms with Crippen LogP contribution >= 0.6 is 11.3 Å². The number of nitrogens with zero attached hydrogens (tertiary/aromatic N) is 3. The van der Waals surface area contributed by atoms with Gasteiger partial charge in [-0.1, -0.05) is 36.9 Å². The van der Waals surface area contributed by atoms with Crippen LogP contribution < -0.4 is 10.6 Å². The Bertz CT molecular complexity index is 1280. The number of aromatic nitrogens is 1. The average Bonchev–Trinajstić information content (AvgIpc) is 3.34. The Balaban J connectivity index is 1.07. The van der Waals surface area contributed by atoms with Gasteiger partial charge in [-0.05, 0) is 82.2 Å². The molecule has 0 spiro atoms. The number of fused-ring (bicyclic) bond motifs is 1. The zero-order valence-electron chi connectivity index (χ0n) is 22.2. The molecular weight excluding hydrogens is 490 g/mol. The number of thiazole rings is 1. The highest BCUT2D eigenvalue weighted by molar-refractivity contribution is 7.15. The molecule has 7 heteroatoms. The van der Waals surface area contributed by atoms with Gasteiger partial charge in [-0.25, -0.2) is 4.98 Å². The molecular formula is C31H37N5OS. The highest BCUT2D eigenvalue weighted by Gasteiger charge is 2.26. The molecule has 1 aromatic heterocycles. The summed E-state index contributed by atoms with van der Waals surface area (Å²) in [5.41, 5.74) is 4.55. The van der Waals surface area contributed by atoms with Crippen molar-refractivity contribution in [3.63, 3.8) is 0 Å². The second-order valence-electron chi connectivity index (χ2n) is 10.2. The van der Waals surface area contributed by atoms with Crippen LogP contribution in [0, 0.1) is 5.92 Å². The molecule has 0 bridgehead atoms. The fraction of sp³-hybridized carbons (Fsp3) is 0.387. The van der Waals surface area contributed by atoms with Crippen molar-refractivity contribution in [2.45, 2.75) is 58.0 Å². The highest BCUT2D eigenvalue weighted by atomic mass is 32.1. The first-order chi connectivity index (χ1) is 18.6. The summed E-state index contributed by atoms with van der Waals surface area (Å²) in [5, 5.41) is 7.72. The molecule has 3 aromatic rings. The van der Waals surface area contributed by atoms with Crippen molar-refractivity contribution in [1.29, 1.82) is 0 Å². The maximum atomic E-state index is 13.0. The zero-order chi connectivity index (χ0) is 26.3. The van der Waals surface area contributed by atoms with E-state index in [2.05, 4.69) is 39.2 Å². The number of benzene rings is 2. The Morgan fingerprint density at radius 1 is 1.16 bits per heavy atom. The third-order valence-corrected chi connectivity index (χ3v) is 8.74. The summed E-state index contributed by atoms with van der Waals surface area (Å²) in [7, 11) is 0. The van der Waals surface area contributed by atoms with Crippen molar-refractivity contribution in [2.75, 3.05) is 18.4 Å². The molecule has 1 saturated carbocycles. The predicted molar refractivity (Wildman–Crippen MR) is 159 cm³/mol. The van der Waals surface area contributed by atoms with E-state index in [0.717, 1.165) is 66.9 Å². The van der Waals surface area contributed by atoms with E-state index in [4.69, 9.17) is 4.98 Å². The van der Waals surface area contributed by atoms with Gasteiger partial charge in [0.2, 0.25) is 0 Å². The molecule has 1 aliphatic heterocycles. The van der Waals surface area contributed by atoms with Gasteiger partial charge in [0.25, 0.3) is 5.91 Å². The maximum absolute atomic E-state index is 13.0. The zero-order valence-corrected chi connectivity index (χ0v) is 23.0. The number of amides is 1. The number of anilines is 2. The molecule has 0 unspecified atom stereocenters. The van der Waals surface area contributed by atoms with Crippen LogP contribution in [0.1, 0.15) is 65.5 Å². The van der Waals surface area contributed by atoms with Crippen molar-refractivity contribution in [3.05, 3.63) is 76.8 Å². The van der Waals surface area contributed by atoms with Crippen LogP contribution in [-0.4, -0.2) is 41.1 Å². The van der Waals surface area contributed by atoms with Crippen LogP contribution in [0.5, 0.6) is 0 Å². The first-order valence-corrected chi connectivity index (χ1v) is 14.5. The minimum absolute atomic E-state index is 0.0231. The van der Waals surface area contributed by atoms with Crippen molar-refractivity contribution in [3.8, 4) is 0 Å². The van der Waals surface area contributed by atoms with E-state index in [0.29, 0.717) is 5.56 Å². The quantitative estimate of drug-likeness (QED) is 0.294. The van der Waals surface area contributed by atoms with Gasteiger partial charge >= 0.3 is 0 Å². The number of rotatable bonds is 9. The number of nitrogens with one attached hydrogen (secondary N) is 2. The minimum Gasteiger partial charge on any atom is -0.349 e. The van der Waals surface area contributed by atoms with Gasteiger partial charge in [0.1, 0.15) is 0 Å².